The standard InChI is InChI=1S/C17H15BrO6S.CH4O/c1-3-23-14(21)9-24-16-13(8-20)25-17(15(16)18)10-4-5-12(22-2)11(6-10)7-19;1-2/h4-8H,3,9H2,1-2H3;2H,1H3. The molecule has 0 aliphatic rings. The highest BCUT2D eigenvalue weighted by Crippen LogP contribution is 2.45. The Morgan fingerprint density at radius 2 is 1.96 bits per heavy atom. The number of esters is 1. The molecule has 1 N–H and O–H groups in total. The molecule has 0 atom stereocenters. The van der Waals surface area contributed by atoms with Gasteiger partial charge in [-0.05, 0) is 46.6 Å². The van der Waals surface area contributed by atoms with Crippen molar-refractivity contribution >= 4 is 45.8 Å². The van der Waals surface area contributed by atoms with Crippen molar-refractivity contribution in [1.29, 1.82) is 0 Å². The van der Waals surface area contributed by atoms with Gasteiger partial charge in [-0.25, -0.2) is 4.79 Å². The Bertz CT molecular complexity index is 801. The number of aldehydes is 2. The first kappa shape index (κ1) is 22.8. The summed E-state index contributed by atoms with van der Waals surface area (Å²) in [7, 11) is 2.48. The molecule has 0 radical (unpaired) electrons. The highest BCUT2D eigenvalue weighted by atomic mass is 79.9. The summed E-state index contributed by atoms with van der Waals surface area (Å²) >= 11 is 4.59. The summed E-state index contributed by atoms with van der Waals surface area (Å²) in [6, 6.07) is 5.10. The van der Waals surface area contributed by atoms with Crippen LogP contribution in [0.5, 0.6) is 11.5 Å². The summed E-state index contributed by atoms with van der Waals surface area (Å²) in [6.45, 7) is 1.65. The minimum atomic E-state index is -0.522. The predicted octanol–water partition coefficient (Wildman–Crippen LogP) is 3.36. The van der Waals surface area contributed by atoms with Gasteiger partial charge in [0.25, 0.3) is 0 Å². The highest BCUT2D eigenvalue weighted by Gasteiger charge is 2.20. The van der Waals surface area contributed by atoms with Crippen molar-refractivity contribution in [2.75, 3.05) is 27.4 Å². The van der Waals surface area contributed by atoms with E-state index < -0.39 is 5.97 Å². The molecule has 0 unspecified atom stereocenters. The molecular weight excluding hydrogens is 440 g/mol. The van der Waals surface area contributed by atoms with E-state index in [9.17, 15) is 14.4 Å². The molecule has 0 bridgehead atoms. The average Bonchev–Trinajstić information content (AvgIpc) is 3.03. The molecule has 146 valence electrons. The van der Waals surface area contributed by atoms with Gasteiger partial charge in [0.2, 0.25) is 0 Å². The zero-order valence-corrected chi connectivity index (χ0v) is 17.4. The van der Waals surface area contributed by atoms with E-state index in [0.29, 0.717) is 43.7 Å². The smallest absolute Gasteiger partial charge is 0.344 e. The minimum Gasteiger partial charge on any atom is -0.496 e. The zero-order chi connectivity index (χ0) is 20.4. The van der Waals surface area contributed by atoms with Gasteiger partial charge in [0.1, 0.15) is 10.6 Å². The van der Waals surface area contributed by atoms with Crippen LogP contribution in [-0.4, -0.2) is 51.1 Å². The normalized spacial score (nSPS) is 9.67. The third-order valence-electron chi connectivity index (χ3n) is 3.20. The first-order valence-electron chi connectivity index (χ1n) is 7.69. The summed E-state index contributed by atoms with van der Waals surface area (Å²) in [6.07, 6.45) is 1.35. The molecule has 1 aromatic heterocycles. The van der Waals surface area contributed by atoms with Gasteiger partial charge in [-0.15, -0.1) is 11.3 Å². The summed E-state index contributed by atoms with van der Waals surface area (Å²) in [5, 5.41) is 7.00. The number of hydrogen-bond acceptors (Lipinski definition) is 8. The van der Waals surface area contributed by atoms with Gasteiger partial charge in [0.05, 0.1) is 28.6 Å². The number of methoxy groups -OCH3 is 1. The lowest BCUT2D eigenvalue weighted by Crippen LogP contribution is -2.14. The van der Waals surface area contributed by atoms with Crippen LogP contribution in [0.2, 0.25) is 0 Å². The fourth-order valence-corrected chi connectivity index (χ4v) is 3.99. The molecule has 2 rings (SSSR count). The quantitative estimate of drug-likeness (QED) is 0.478. The Balaban J connectivity index is 0.00000176. The second kappa shape index (κ2) is 11.5. The predicted molar refractivity (Wildman–Crippen MR) is 105 cm³/mol. The number of ether oxygens (including phenoxy) is 3. The summed E-state index contributed by atoms with van der Waals surface area (Å²) in [4.78, 5) is 35.0. The number of carbonyl (C=O) groups excluding carboxylic acids is 3. The monoisotopic (exact) mass is 458 g/mol. The van der Waals surface area contributed by atoms with Crippen LogP contribution in [0.25, 0.3) is 10.4 Å². The molecule has 0 fully saturated rings. The molecular formula is C18H19BrO7S. The van der Waals surface area contributed by atoms with E-state index in [1.54, 1.807) is 25.1 Å². The summed E-state index contributed by atoms with van der Waals surface area (Å²) in [5.41, 5.74) is 1.11. The molecule has 7 nitrogen and oxygen atoms in total. The zero-order valence-electron chi connectivity index (χ0n) is 15.0. The number of rotatable bonds is 8. The maximum atomic E-state index is 11.5. The van der Waals surface area contributed by atoms with E-state index in [2.05, 4.69) is 15.9 Å². The van der Waals surface area contributed by atoms with Gasteiger partial charge in [-0.1, -0.05) is 0 Å². The van der Waals surface area contributed by atoms with Crippen molar-refractivity contribution in [3.63, 3.8) is 0 Å². The fraction of sp³-hybridized carbons (Fsp3) is 0.278. The Morgan fingerprint density at radius 3 is 2.52 bits per heavy atom. The second-order valence-electron chi connectivity index (χ2n) is 4.72. The lowest BCUT2D eigenvalue weighted by atomic mass is 10.1. The minimum absolute atomic E-state index is 0.249. The van der Waals surface area contributed by atoms with Gasteiger partial charge in [0, 0.05) is 7.11 Å². The van der Waals surface area contributed by atoms with Gasteiger partial charge in [0.15, 0.2) is 24.9 Å². The number of aliphatic hydroxyl groups excluding tert-OH is 1. The molecule has 0 aliphatic carbocycles. The van der Waals surface area contributed by atoms with Crippen molar-refractivity contribution in [3.8, 4) is 21.9 Å². The van der Waals surface area contributed by atoms with Crippen molar-refractivity contribution in [2.45, 2.75) is 6.92 Å². The number of thiophene rings is 1. The maximum absolute atomic E-state index is 11.5. The second-order valence-corrected chi connectivity index (χ2v) is 6.57. The summed E-state index contributed by atoms with van der Waals surface area (Å²) in [5.74, 6) is 0.207. The van der Waals surface area contributed by atoms with Crippen LogP contribution in [0.15, 0.2) is 22.7 Å². The lowest BCUT2D eigenvalue weighted by molar-refractivity contribution is -0.145. The molecule has 1 aromatic carbocycles. The molecule has 0 amide bonds. The number of aliphatic hydroxyl groups is 1. The first-order valence-corrected chi connectivity index (χ1v) is 9.30. The summed E-state index contributed by atoms with van der Waals surface area (Å²) < 4.78 is 15.9. The van der Waals surface area contributed by atoms with Gasteiger partial charge in [-0.2, -0.15) is 0 Å². The van der Waals surface area contributed by atoms with Crippen molar-refractivity contribution < 1.29 is 33.7 Å². The van der Waals surface area contributed by atoms with Crippen molar-refractivity contribution in [1.82, 2.24) is 0 Å². The van der Waals surface area contributed by atoms with Crippen LogP contribution in [0.1, 0.15) is 27.0 Å². The van der Waals surface area contributed by atoms with Crippen molar-refractivity contribution in [2.24, 2.45) is 0 Å². The van der Waals surface area contributed by atoms with E-state index in [1.165, 1.54) is 18.4 Å². The molecule has 1 heterocycles. The van der Waals surface area contributed by atoms with Crippen LogP contribution in [0.4, 0.5) is 0 Å². The third-order valence-corrected chi connectivity index (χ3v) is 5.36. The van der Waals surface area contributed by atoms with Crippen LogP contribution >= 0.6 is 27.3 Å². The van der Waals surface area contributed by atoms with E-state index in [1.807, 2.05) is 0 Å². The Hall–Kier alpha value is -2.23. The van der Waals surface area contributed by atoms with Crippen LogP contribution < -0.4 is 9.47 Å². The van der Waals surface area contributed by atoms with Gasteiger partial charge < -0.3 is 19.3 Å². The van der Waals surface area contributed by atoms with Crippen LogP contribution in [0.3, 0.4) is 0 Å². The van der Waals surface area contributed by atoms with Crippen LogP contribution in [-0.2, 0) is 9.53 Å². The Morgan fingerprint density at radius 1 is 1.26 bits per heavy atom. The van der Waals surface area contributed by atoms with E-state index in [4.69, 9.17) is 19.3 Å². The molecule has 0 aliphatic heterocycles. The van der Waals surface area contributed by atoms with Crippen LogP contribution in [0, 0.1) is 0 Å². The van der Waals surface area contributed by atoms with E-state index >= 15 is 0 Å². The lowest BCUT2D eigenvalue weighted by Gasteiger charge is -2.07. The average molecular weight is 459 g/mol. The highest BCUT2D eigenvalue weighted by molar-refractivity contribution is 9.10. The fourth-order valence-electron chi connectivity index (χ4n) is 2.11. The third kappa shape index (κ3) is 5.62. The Kier molecular flexibility index (Phi) is 9.70. The Labute approximate surface area is 169 Å². The van der Waals surface area contributed by atoms with Gasteiger partial charge in [-0.3, -0.25) is 9.59 Å². The molecule has 9 heteroatoms. The van der Waals surface area contributed by atoms with E-state index in [-0.39, 0.29) is 19.0 Å². The van der Waals surface area contributed by atoms with E-state index in [0.717, 1.165) is 7.11 Å². The molecule has 0 spiro atoms. The number of carbonyl (C=O) groups is 3. The SMILES string of the molecule is CCOC(=O)COc1c(C=O)sc(-c2ccc(OC)c(C=O)c2)c1Br.CO. The van der Waals surface area contributed by atoms with Crippen molar-refractivity contribution in [3.05, 3.63) is 33.1 Å². The molecule has 27 heavy (non-hydrogen) atoms. The largest absolute Gasteiger partial charge is 0.496 e. The number of hydrogen-bond donors (Lipinski definition) is 1. The molecule has 2 aromatic rings. The van der Waals surface area contributed by atoms with Gasteiger partial charge >= 0.3 is 5.97 Å². The first-order chi connectivity index (χ1) is 13.0. The maximum Gasteiger partial charge on any atom is 0.344 e. The molecule has 0 saturated heterocycles. The number of benzene rings is 1. The number of halogens is 1. The molecule has 0 saturated carbocycles. The topological polar surface area (TPSA) is 99.1 Å².